The van der Waals surface area contributed by atoms with Crippen LogP contribution in [0.2, 0.25) is 0 Å². The summed E-state index contributed by atoms with van der Waals surface area (Å²) in [6, 6.07) is 12.4. The lowest BCUT2D eigenvalue weighted by molar-refractivity contribution is -0.140. The number of halogens is 1. The number of sulfonamides is 1. The van der Waals surface area contributed by atoms with E-state index in [0.717, 1.165) is 24.6 Å². The lowest BCUT2D eigenvalue weighted by Crippen LogP contribution is -2.56. The Kier molecular flexibility index (Phi) is 9.75. The summed E-state index contributed by atoms with van der Waals surface area (Å²) in [6.45, 7) is 4.31. The van der Waals surface area contributed by atoms with E-state index in [1.807, 2.05) is 37.3 Å². The molecular weight excluding hydrogens is 688 g/mol. The number of amides is 3. The zero-order valence-corrected chi connectivity index (χ0v) is 30.5. The maximum atomic E-state index is 14.2. The van der Waals surface area contributed by atoms with Crippen LogP contribution in [-0.4, -0.2) is 72.6 Å². The van der Waals surface area contributed by atoms with Gasteiger partial charge in [-0.3, -0.25) is 19.1 Å². The maximum Gasteiger partial charge on any atom is 0.259 e. The normalized spacial score (nSPS) is 28.8. The third-order valence-electron chi connectivity index (χ3n) is 10.8. The number of ether oxygens (including phenoxy) is 2. The Bertz CT molecular complexity index is 2020. The molecule has 6 atom stereocenters. The van der Waals surface area contributed by atoms with Crippen molar-refractivity contribution in [2.75, 3.05) is 13.7 Å². The Hall–Kier alpha value is -4.52. The second kappa shape index (κ2) is 14.1. The molecule has 0 bridgehead atoms. The lowest BCUT2D eigenvalue weighted by atomic mass is 9.91. The lowest BCUT2D eigenvalue weighted by Gasteiger charge is -2.27. The number of carbonyl (C=O) groups excluding carboxylic acids is 3. The van der Waals surface area contributed by atoms with Crippen LogP contribution >= 0.6 is 0 Å². The highest BCUT2D eigenvalue weighted by molar-refractivity contribution is 7.91. The summed E-state index contributed by atoms with van der Waals surface area (Å²) < 4.78 is 53.7. The van der Waals surface area contributed by atoms with Gasteiger partial charge in [0.15, 0.2) is 0 Å². The number of aromatic nitrogens is 1. The summed E-state index contributed by atoms with van der Waals surface area (Å²) in [5, 5.41) is 3.78. The highest BCUT2D eigenvalue weighted by Gasteiger charge is 2.62. The van der Waals surface area contributed by atoms with E-state index in [1.165, 1.54) is 17.0 Å². The van der Waals surface area contributed by atoms with Crippen molar-refractivity contribution in [3.8, 4) is 22.9 Å². The van der Waals surface area contributed by atoms with Gasteiger partial charge >= 0.3 is 0 Å². The SMILES string of the molecule is COc1ccc2c(O[C@@H]3C[C@H]4C(=O)N[C@]5(C(=O)NS(=O)(=O)C6CC6)CC5/C=C\CC[C@H](C)C[C@@H](C)CC(=O)N4C3)nc(-c3ccc(F)cc3)cc2c1. The summed E-state index contributed by atoms with van der Waals surface area (Å²) in [6.07, 6.45) is 7.40. The van der Waals surface area contributed by atoms with Crippen LogP contribution in [0.1, 0.15) is 65.2 Å². The molecule has 3 heterocycles. The Morgan fingerprint density at radius 2 is 1.81 bits per heavy atom. The molecule has 0 spiro atoms. The Morgan fingerprint density at radius 1 is 1.04 bits per heavy atom. The van der Waals surface area contributed by atoms with E-state index in [-0.39, 0.29) is 55.2 Å². The van der Waals surface area contributed by atoms with Gasteiger partial charge in [0, 0.05) is 29.7 Å². The minimum Gasteiger partial charge on any atom is -0.497 e. The molecule has 0 radical (unpaired) electrons. The standard InChI is InChI=1S/C39H45FN4O7S/c1-23-6-4-5-7-27-21-39(27,38(47)43-52(48,49)31-13-14-31)42-36(46)34-20-30(22-44(34)35(45)17-24(2)16-23)51-37-32-15-12-29(50-3)18-26(32)19-33(41-37)25-8-10-28(40)11-9-25/h5,7-12,15,18-19,23-24,27,30-31,34H,4,6,13-14,16-17,20-22H2,1-3H3,(H,42,46)(H,43,47)/b7-5-/t23-,24+,27?,30+,34-,39+/m0/s1. The van der Waals surface area contributed by atoms with Crippen LogP contribution in [0.15, 0.2) is 60.7 Å². The van der Waals surface area contributed by atoms with Crippen LogP contribution in [0.3, 0.4) is 0 Å². The predicted molar refractivity (Wildman–Crippen MR) is 193 cm³/mol. The largest absolute Gasteiger partial charge is 0.497 e. The van der Waals surface area contributed by atoms with Gasteiger partial charge in [-0.15, -0.1) is 0 Å². The fourth-order valence-corrected chi connectivity index (χ4v) is 9.03. The number of pyridine rings is 1. The number of hydrogen-bond acceptors (Lipinski definition) is 8. The van der Waals surface area contributed by atoms with E-state index in [0.29, 0.717) is 41.2 Å². The van der Waals surface area contributed by atoms with Gasteiger partial charge in [0.05, 0.1) is 24.6 Å². The number of fused-ring (bicyclic) bond motifs is 3. The van der Waals surface area contributed by atoms with Crippen molar-refractivity contribution in [2.45, 2.75) is 88.1 Å². The Balaban J connectivity index is 1.20. The van der Waals surface area contributed by atoms with Crippen molar-refractivity contribution in [1.29, 1.82) is 0 Å². The first kappa shape index (κ1) is 35.9. The zero-order chi connectivity index (χ0) is 36.8. The van der Waals surface area contributed by atoms with E-state index in [2.05, 4.69) is 17.0 Å². The fourth-order valence-electron chi connectivity index (χ4n) is 7.67. The third-order valence-corrected chi connectivity index (χ3v) is 12.6. The molecular formula is C39H45FN4O7S. The molecule has 276 valence electrons. The first-order valence-corrected chi connectivity index (χ1v) is 19.7. The number of rotatable bonds is 7. The number of carbonyl (C=O) groups is 3. The molecule has 2 N–H and O–H groups in total. The topological polar surface area (TPSA) is 144 Å². The minimum atomic E-state index is -3.85. The monoisotopic (exact) mass is 732 g/mol. The molecule has 7 rings (SSSR count). The fraction of sp³-hybridized carbons (Fsp3) is 0.487. The number of methoxy groups -OCH3 is 1. The van der Waals surface area contributed by atoms with E-state index in [9.17, 15) is 27.2 Å². The van der Waals surface area contributed by atoms with E-state index < -0.39 is 44.8 Å². The van der Waals surface area contributed by atoms with Gasteiger partial charge in [0.25, 0.3) is 5.91 Å². The van der Waals surface area contributed by atoms with Crippen LogP contribution in [0.25, 0.3) is 22.0 Å². The number of allylic oxidation sites excluding steroid dienone is 1. The average Bonchev–Trinajstić information content (AvgIpc) is 4.03. The molecule has 52 heavy (non-hydrogen) atoms. The third kappa shape index (κ3) is 7.51. The van der Waals surface area contributed by atoms with Crippen LogP contribution in [0, 0.1) is 23.6 Å². The Morgan fingerprint density at radius 3 is 2.54 bits per heavy atom. The molecule has 3 aromatic rings. The molecule has 13 heteroatoms. The van der Waals surface area contributed by atoms with Crippen molar-refractivity contribution in [3.05, 3.63) is 66.5 Å². The second-order valence-corrected chi connectivity index (χ2v) is 17.0. The molecule has 4 aliphatic rings. The van der Waals surface area contributed by atoms with Gasteiger partial charge in [0.1, 0.15) is 29.3 Å². The molecule has 1 saturated heterocycles. The van der Waals surface area contributed by atoms with Crippen LogP contribution in [-0.2, 0) is 24.4 Å². The number of hydrogen-bond donors (Lipinski definition) is 2. The van der Waals surface area contributed by atoms with Crippen molar-refractivity contribution < 1.29 is 36.7 Å². The van der Waals surface area contributed by atoms with Gasteiger partial charge in [-0.05, 0) is 104 Å². The molecule has 11 nitrogen and oxygen atoms in total. The minimum absolute atomic E-state index is 0.0754. The van der Waals surface area contributed by atoms with E-state index in [4.69, 9.17) is 14.5 Å². The molecule has 1 aromatic heterocycles. The van der Waals surface area contributed by atoms with E-state index >= 15 is 0 Å². The average molecular weight is 733 g/mol. The van der Waals surface area contributed by atoms with Gasteiger partial charge in [0.2, 0.25) is 27.7 Å². The van der Waals surface area contributed by atoms with Crippen LogP contribution in [0.4, 0.5) is 4.39 Å². The summed E-state index contributed by atoms with van der Waals surface area (Å²) in [5.41, 5.74) is -0.224. The van der Waals surface area contributed by atoms with Gasteiger partial charge in [-0.25, -0.2) is 17.8 Å². The maximum absolute atomic E-state index is 14.2. The first-order valence-electron chi connectivity index (χ1n) is 18.1. The zero-order valence-electron chi connectivity index (χ0n) is 29.6. The molecule has 2 aliphatic carbocycles. The summed E-state index contributed by atoms with van der Waals surface area (Å²) >= 11 is 0. The summed E-state index contributed by atoms with van der Waals surface area (Å²) in [7, 11) is -2.28. The van der Waals surface area contributed by atoms with Crippen LogP contribution in [0.5, 0.6) is 11.6 Å². The second-order valence-electron chi connectivity index (χ2n) is 15.0. The quantitative estimate of drug-likeness (QED) is 0.313. The van der Waals surface area contributed by atoms with E-state index in [1.54, 1.807) is 25.3 Å². The molecule has 2 saturated carbocycles. The number of nitrogens with zero attached hydrogens (tertiary/aromatic N) is 2. The van der Waals surface area contributed by atoms with Gasteiger partial charge in [-0.1, -0.05) is 26.0 Å². The van der Waals surface area contributed by atoms with Crippen LogP contribution < -0.4 is 19.5 Å². The number of nitrogens with one attached hydrogen (secondary N) is 2. The van der Waals surface area contributed by atoms with Gasteiger partial charge in [-0.2, -0.15) is 0 Å². The van der Waals surface area contributed by atoms with Crippen molar-refractivity contribution in [2.24, 2.45) is 17.8 Å². The molecule has 2 aliphatic heterocycles. The molecule has 3 fully saturated rings. The van der Waals surface area contributed by atoms with Crippen molar-refractivity contribution in [1.82, 2.24) is 19.9 Å². The molecule has 2 aromatic carbocycles. The summed E-state index contributed by atoms with van der Waals surface area (Å²) in [4.78, 5) is 48.2. The molecule has 1 unspecified atom stereocenters. The number of benzene rings is 2. The smallest absolute Gasteiger partial charge is 0.259 e. The summed E-state index contributed by atoms with van der Waals surface area (Å²) in [5.74, 6) is -0.890. The first-order chi connectivity index (χ1) is 24.8. The van der Waals surface area contributed by atoms with Crippen molar-refractivity contribution >= 4 is 38.5 Å². The highest BCUT2D eigenvalue weighted by Crippen LogP contribution is 2.46. The predicted octanol–water partition coefficient (Wildman–Crippen LogP) is 5.28. The Labute approximate surface area is 303 Å². The van der Waals surface area contributed by atoms with Crippen molar-refractivity contribution in [3.63, 3.8) is 0 Å². The highest BCUT2D eigenvalue weighted by atomic mass is 32.2. The molecule has 3 amide bonds. The van der Waals surface area contributed by atoms with Gasteiger partial charge < -0.3 is 19.7 Å².